The van der Waals surface area contributed by atoms with E-state index in [0.29, 0.717) is 37.6 Å². The molecule has 0 radical (unpaired) electrons. The van der Waals surface area contributed by atoms with Crippen LogP contribution < -0.4 is 10.1 Å². The first-order valence-corrected chi connectivity index (χ1v) is 13.0. The highest BCUT2D eigenvalue weighted by Crippen LogP contribution is 2.18. The summed E-state index contributed by atoms with van der Waals surface area (Å²) in [5, 5.41) is 3.68. The molecule has 3 aromatic carbocycles. The molecule has 0 saturated carbocycles. The Morgan fingerprint density at radius 1 is 0.889 bits per heavy atom. The van der Waals surface area contributed by atoms with Crippen LogP contribution in [-0.2, 0) is 22.6 Å². The third-order valence-corrected chi connectivity index (χ3v) is 6.17. The molecule has 0 aliphatic rings. The minimum atomic E-state index is -0.623. The summed E-state index contributed by atoms with van der Waals surface area (Å²) in [6, 6.07) is 26.2. The Morgan fingerprint density at radius 2 is 1.56 bits per heavy atom. The SMILES string of the molecule is CCCCNC(=O)[C@@H](Cc1ccccc1)N(Cc1ccc(Cl)cc1)C(=O)CCCOc1ccccc1. The van der Waals surface area contributed by atoms with Crippen molar-refractivity contribution in [1.82, 2.24) is 10.2 Å². The molecule has 1 atom stereocenters. The van der Waals surface area contributed by atoms with Crippen LogP contribution in [0.25, 0.3) is 0 Å². The predicted octanol–water partition coefficient (Wildman–Crippen LogP) is 6.06. The number of para-hydroxylation sites is 1. The van der Waals surface area contributed by atoms with E-state index in [1.165, 1.54) is 0 Å². The van der Waals surface area contributed by atoms with Gasteiger partial charge in [0.15, 0.2) is 0 Å². The average molecular weight is 507 g/mol. The lowest BCUT2D eigenvalue weighted by molar-refractivity contribution is -0.141. The molecule has 5 nitrogen and oxygen atoms in total. The maximum atomic E-state index is 13.6. The molecule has 2 amide bonds. The summed E-state index contributed by atoms with van der Waals surface area (Å²) in [6.45, 7) is 3.43. The van der Waals surface area contributed by atoms with Crippen molar-refractivity contribution >= 4 is 23.4 Å². The van der Waals surface area contributed by atoms with Gasteiger partial charge in [-0.1, -0.05) is 85.6 Å². The number of unbranched alkanes of at least 4 members (excludes halogenated alkanes) is 1. The Labute approximate surface area is 219 Å². The summed E-state index contributed by atoms with van der Waals surface area (Å²) in [4.78, 5) is 28.6. The number of ether oxygens (including phenoxy) is 1. The van der Waals surface area contributed by atoms with E-state index in [9.17, 15) is 9.59 Å². The molecule has 0 heterocycles. The number of hydrogen-bond donors (Lipinski definition) is 1. The molecule has 3 rings (SSSR count). The first kappa shape index (κ1) is 27.3. The number of nitrogens with zero attached hydrogens (tertiary/aromatic N) is 1. The monoisotopic (exact) mass is 506 g/mol. The van der Waals surface area contributed by atoms with Gasteiger partial charge in [-0.2, -0.15) is 0 Å². The fourth-order valence-corrected chi connectivity index (χ4v) is 4.05. The number of amides is 2. The number of carbonyl (C=O) groups is 2. The summed E-state index contributed by atoms with van der Waals surface area (Å²) < 4.78 is 5.77. The fraction of sp³-hybridized carbons (Fsp3) is 0.333. The van der Waals surface area contributed by atoms with Crippen molar-refractivity contribution in [3.8, 4) is 5.75 Å². The molecule has 0 spiro atoms. The molecule has 0 aromatic heterocycles. The van der Waals surface area contributed by atoms with Crippen LogP contribution in [0.15, 0.2) is 84.9 Å². The lowest BCUT2D eigenvalue weighted by atomic mass is 10.0. The lowest BCUT2D eigenvalue weighted by Crippen LogP contribution is -2.50. The van der Waals surface area contributed by atoms with Crippen molar-refractivity contribution in [2.75, 3.05) is 13.2 Å². The summed E-state index contributed by atoms with van der Waals surface area (Å²) in [5.74, 6) is 0.573. The second-order valence-electron chi connectivity index (χ2n) is 8.76. The minimum Gasteiger partial charge on any atom is -0.494 e. The van der Waals surface area contributed by atoms with Crippen molar-refractivity contribution in [2.24, 2.45) is 0 Å². The number of halogens is 1. The summed E-state index contributed by atoms with van der Waals surface area (Å²) in [6.07, 6.45) is 3.16. The predicted molar refractivity (Wildman–Crippen MR) is 145 cm³/mol. The average Bonchev–Trinajstić information content (AvgIpc) is 2.91. The van der Waals surface area contributed by atoms with Gasteiger partial charge >= 0.3 is 0 Å². The van der Waals surface area contributed by atoms with Crippen LogP contribution in [0.5, 0.6) is 5.75 Å². The van der Waals surface area contributed by atoms with Gasteiger partial charge in [-0.05, 0) is 48.2 Å². The standard InChI is InChI=1S/C30H35ClN2O3/c1-2-3-20-32-30(35)28(22-24-11-6-4-7-12-24)33(23-25-16-18-26(31)19-17-25)29(34)15-10-21-36-27-13-8-5-9-14-27/h4-9,11-14,16-19,28H,2-3,10,15,20-23H2,1H3,(H,32,35)/t28-/m1/s1. The molecular weight excluding hydrogens is 472 g/mol. The van der Waals surface area contributed by atoms with E-state index in [1.54, 1.807) is 17.0 Å². The summed E-state index contributed by atoms with van der Waals surface area (Å²) in [7, 11) is 0. The molecule has 0 unspecified atom stereocenters. The molecule has 0 aliphatic carbocycles. The lowest BCUT2D eigenvalue weighted by Gasteiger charge is -2.31. The van der Waals surface area contributed by atoms with Crippen molar-refractivity contribution in [3.05, 3.63) is 101 Å². The molecule has 190 valence electrons. The molecular formula is C30H35ClN2O3. The van der Waals surface area contributed by atoms with Crippen molar-refractivity contribution in [2.45, 2.75) is 51.6 Å². The largest absolute Gasteiger partial charge is 0.494 e. The molecule has 0 bridgehead atoms. The van der Waals surface area contributed by atoms with E-state index >= 15 is 0 Å². The van der Waals surface area contributed by atoms with E-state index in [-0.39, 0.29) is 18.2 Å². The third kappa shape index (κ3) is 9.04. The van der Waals surface area contributed by atoms with Crippen molar-refractivity contribution in [1.29, 1.82) is 0 Å². The molecule has 0 saturated heterocycles. The zero-order valence-electron chi connectivity index (χ0n) is 20.9. The minimum absolute atomic E-state index is 0.0758. The van der Waals surface area contributed by atoms with Crippen molar-refractivity contribution < 1.29 is 14.3 Å². The number of nitrogens with one attached hydrogen (secondary N) is 1. The molecule has 6 heteroatoms. The second kappa shape index (κ2) is 14.9. The second-order valence-corrected chi connectivity index (χ2v) is 9.20. The Morgan fingerprint density at radius 3 is 2.22 bits per heavy atom. The first-order chi connectivity index (χ1) is 17.6. The van der Waals surface area contributed by atoms with E-state index in [4.69, 9.17) is 16.3 Å². The van der Waals surface area contributed by atoms with Crippen molar-refractivity contribution in [3.63, 3.8) is 0 Å². The molecule has 3 aromatic rings. The molecule has 0 aliphatic heterocycles. The highest BCUT2D eigenvalue weighted by molar-refractivity contribution is 6.30. The van der Waals surface area contributed by atoms with Crippen LogP contribution in [0.3, 0.4) is 0 Å². The first-order valence-electron chi connectivity index (χ1n) is 12.6. The van der Waals surface area contributed by atoms with Gasteiger partial charge in [0.25, 0.3) is 0 Å². The quantitative estimate of drug-likeness (QED) is 0.270. The van der Waals surface area contributed by atoms with Gasteiger partial charge in [0, 0.05) is 31.0 Å². The number of benzene rings is 3. The van der Waals surface area contributed by atoms with Gasteiger partial charge in [0.05, 0.1) is 6.61 Å². The summed E-state index contributed by atoms with van der Waals surface area (Å²) >= 11 is 6.08. The zero-order chi connectivity index (χ0) is 25.6. The maximum absolute atomic E-state index is 13.6. The van der Waals surface area contributed by atoms with Crippen LogP contribution in [-0.4, -0.2) is 35.9 Å². The van der Waals surface area contributed by atoms with Gasteiger partial charge < -0.3 is 15.0 Å². The number of hydrogen-bond acceptors (Lipinski definition) is 3. The van der Waals surface area contributed by atoms with Crippen LogP contribution >= 0.6 is 11.6 Å². The maximum Gasteiger partial charge on any atom is 0.243 e. The highest BCUT2D eigenvalue weighted by atomic mass is 35.5. The topological polar surface area (TPSA) is 58.6 Å². The summed E-state index contributed by atoms with van der Waals surface area (Å²) in [5.41, 5.74) is 1.93. The van der Waals surface area contributed by atoms with E-state index < -0.39 is 6.04 Å². The smallest absolute Gasteiger partial charge is 0.243 e. The van der Waals surface area contributed by atoms with E-state index in [0.717, 1.165) is 29.7 Å². The van der Waals surface area contributed by atoms with Gasteiger partial charge in [0.2, 0.25) is 11.8 Å². The Bertz CT molecular complexity index is 1060. The Hall–Kier alpha value is -3.31. The zero-order valence-corrected chi connectivity index (χ0v) is 21.6. The van der Waals surface area contributed by atoms with Gasteiger partial charge in [-0.15, -0.1) is 0 Å². The molecule has 36 heavy (non-hydrogen) atoms. The van der Waals surface area contributed by atoms with E-state index in [1.807, 2.05) is 72.8 Å². The fourth-order valence-electron chi connectivity index (χ4n) is 3.92. The Kier molecular flexibility index (Phi) is 11.3. The van der Waals surface area contributed by atoms with Crippen LogP contribution in [0, 0.1) is 0 Å². The van der Waals surface area contributed by atoms with Gasteiger partial charge in [0.1, 0.15) is 11.8 Å². The molecule has 0 fully saturated rings. The van der Waals surface area contributed by atoms with Crippen LogP contribution in [0.2, 0.25) is 5.02 Å². The number of rotatable bonds is 14. The highest BCUT2D eigenvalue weighted by Gasteiger charge is 2.30. The van der Waals surface area contributed by atoms with Crippen LogP contribution in [0.4, 0.5) is 0 Å². The molecule has 1 N–H and O–H groups in total. The Balaban J connectivity index is 1.77. The van der Waals surface area contributed by atoms with Gasteiger partial charge in [-0.3, -0.25) is 9.59 Å². The third-order valence-electron chi connectivity index (χ3n) is 5.91. The normalized spacial score (nSPS) is 11.5. The van der Waals surface area contributed by atoms with Gasteiger partial charge in [-0.25, -0.2) is 0 Å². The van der Waals surface area contributed by atoms with E-state index in [2.05, 4.69) is 12.2 Å². The number of carbonyl (C=O) groups excluding carboxylic acids is 2. The van der Waals surface area contributed by atoms with Crippen LogP contribution in [0.1, 0.15) is 43.7 Å².